The van der Waals surface area contributed by atoms with Crippen LogP contribution in [0.25, 0.3) is 0 Å². The highest BCUT2D eigenvalue weighted by molar-refractivity contribution is 5.67. The highest BCUT2D eigenvalue weighted by Crippen LogP contribution is 2.19. The van der Waals surface area contributed by atoms with Crippen LogP contribution in [-0.2, 0) is 24.4 Å². The van der Waals surface area contributed by atoms with Crippen molar-refractivity contribution < 1.29 is 14.3 Å². The number of nitrogens with zero attached hydrogens (tertiary/aromatic N) is 4. The van der Waals surface area contributed by atoms with Crippen molar-refractivity contribution in [3.8, 4) is 5.75 Å². The molecule has 162 valence electrons. The van der Waals surface area contributed by atoms with Crippen LogP contribution in [0.3, 0.4) is 0 Å². The number of carbonyl (C=O) groups excluding carboxylic acids is 1. The molecule has 2 heterocycles. The number of methoxy groups -OCH3 is 1. The first-order valence-corrected chi connectivity index (χ1v) is 10.5. The van der Waals surface area contributed by atoms with Crippen molar-refractivity contribution in [2.75, 3.05) is 33.3 Å². The molecule has 0 radical (unpaired) electrons. The fourth-order valence-corrected chi connectivity index (χ4v) is 3.77. The van der Waals surface area contributed by atoms with Crippen molar-refractivity contribution in [2.45, 2.75) is 19.7 Å². The highest BCUT2D eigenvalue weighted by Gasteiger charge is 2.23. The number of ether oxygens (including phenoxy) is 2. The molecular weight excluding hydrogens is 391 g/mol. The summed E-state index contributed by atoms with van der Waals surface area (Å²) in [5, 5.41) is 0. The Labute approximate surface area is 182 Å². The van der Waals surface area contributed by atoms with Gasteiger partial charge < -0.3 is 18.9 Å². The highest BCUT2D eigenvalue weighted by atomic mass is 16.6. The number of imidazole rings is 1. The van der Waals surface area contributed by atoms with E-state index in [1.54, 1.807) is 12.0 Å². The van der Waals surface area contributed by atoms with E-state index in [0.29, 0.717) is 13.1 Å². The van der Waals surface area contributed by atoms with Gasteiger partial charge in [0.05, 0.1) is 19.1 Å². The van der Waals surface area contributed by atoms with Gasteiger partial charge in [-0.1, -0.05) is 48.5 Å². The Bertz CT molecular complexity index is 981. The molecule has 0 spiro atoms. The Kier molecular flexibility index (Phi) is 6.84. The van der Waals surface area contributed by atoms with Crippen LogP contribution in [0.5, 0.6) is 5.75 Å². The normalized spacial score (nSPS) is 14.4. The Morgan fingerprint density at radius 3 is 2.48 bits per heavy atom. The molecule has 1 aliphatic heterocycles. The molecule has 0 saturated carbocycles. The van der Waals surface area contributed by atoms with Gasteiger partial charge in [-0.25, -0.2) is 9.78 Å². The Hall–Kier alpha value is -3.32. The zero-order valence-corrected chi connectivity index (χ0v) is 17.8. The van der Waals surface area contributed by atoms with Gasteiger partial charge >= 0.3 is 6.09 Å². The van der Waals surface area contributed by atoms with Gasteiger partial charge in [0.25, 0.3) is 0 Å². The fraction of sp³-hybridized carbons (Fsp3) is 0.333. The lowest BCUT2D eigenvalue weighted by molar-refractivity contribution is 0.0691. The number of hydrogen-bond acceptors (Lipinski definition) is 5. The van der Waals surface area contributed by atoms with E-state index in [1.807, 2.05) is 42.9 Å². The monoisotopic (exact) mass is 419 g/mol. The van der Waals surface area contributed by atoms with Crippen LogP contribution < -0.4 is 4.74 Å². The minimum absolute atomic E-state index is 0.210. The minimum Gasteiger partial charge on any atom is -0.496 e. The molecule has 0 atom stereocenters. The predicted molar refractivity (Wildman–Crippen MR) is 118 cm³/mol. The van der Waals surface area contributed by atoms with Crippen LogP contribution in [0.1, 0.15) is 16.8 Å². The lowest BCUT2D eigenvalue weighted by atomic mass is 10.2. The van der Waals surface area contributed by atoms with Gasteiger partial charge in [0.15, 0.2) is 0 Å². The molecule has 4 rings (SSSR count). The van der Waals surface area contributed by atoms with Crippen molar-refractivity contribution in [2.24, 2.45) is 0 Å². The van der Waals surface area contributed by atoms with E-state index < -0.39 is 0 Å². The molecule has 1 fully saturated rings. The van der Waals surface area contributed by atoms with Crippen molar-refractivity contribution in [1.29, 1.82) is 0 Å². The van der Waals surface area contributed by atoms with Crippen molar-refractivity contribution in [3.63, 3.8) is 0 Å². The Morgan fingerprint density at radius 2 is 1.71 bits per heavy atom. The van der Waals surface area contributed by atoms with Crippen molar-refractivity contribution in [3.05, 3.63) is 83.9 Å². The van der Waals surface area contributed by atoms with Crippen LogP contribution in [0.4, 0.5) is 4.79 Å². The van der Waals surface area contributed by atoms with Crippen LogP contribution in [0.2, 0.25) is 0 Å². The number of benzene rings is 2. The molecule has 1 amide bonds. The number of rotatable bonds is 7. The number of hydrogen-bond donors (Lipinski definition) is 0. The first-order valence-electron chi connectivity index (χ1n) is 10.5. The summed E-state index contributed by atoms with van der Waals surface area (Å²) in [4.78, 5) is 20.9. The summed E-state index contributed by atoms with van der Waals surface area (Å²) < 4.78 is 13.0. The zero-order valence-electron chi connectivity index (χ0n) is 17.8. The van der Waals surface area contributed by atoms with E-state index >= 15 is 0 Å². The molecule has 0 N–H and O–H groups in total. The maximum atomic E-state index is 12.5. The SMILES string of the molecule is [11CH3]Oc1ccccc1COC(=O)N1CCN(Cc2cncn2Cc2ccccc2)CC1. The molecule has 2 aromatic carbocycles. The minimum atomic E-state index is -0.278. The molecule has 31 heavy (non-hydrogen) atoms. The lowest BCUT2D eigenvalue weighted by Crippen LogP contribution is -2.48. The second-order valence-corrected chi connectivity index (χ2v) is 7.63. The van der Waals surface area contributed by atoms with E-state index in [1.165, 1.54) is 11.3 Å². The molecular formula is C24H28N4O3. The van der Waals surface area contributed by atoms with Crippen LogP contribution >= 0.6 is 0 Å². The summed E-state index contributed by atoms with van der Waals surface area (Å²) >= 11 is 0. The van der Waals surface area contributed by atoms with Crippen LogP contribution in [0, 0.1) is 0 Å². The summed E-state index contributed by atoms with van der Waals surface area (Å²) in [6.07, 6.45) is 3.53. The quantitative estimate of drug-likeness (QED) is 0.588. The Morgan fingerprint density at radius 1 is 0.968 bits per heavy atom. The Balaban J connectivity index is 1.26. The van der Waals surface area contributed by atoms with Gasteiger partial charge in [-0.15, -0.1) is 0 Å². The number of amides is 1. The maximum absolute atomic E-state index is 12.5. The topological polar surface area (TPSA) is 59.8 Å². The van der Waals surface area contributed by atoms with Gasteiger partial charge in [0.2, 0.25) is 0 Å². The lowest BCUT2D eigenvalue weighted by Gasteiger charge is -2.34. The molecule has 7 nitrogen and oxygen atoms in total. The third-order valence-electron chi connectivity index (χ3n) is 5.55. The van der Waals surface area contributed by atoms with E-state index in [4.69, 9.17) is 9.47 Å². The standard InChI is InChI=1S/C24H28N4O3/c1-30-23-10-6-5-9-21(23)18-31-24(29)27-13-11-26(12-14-27)17-22-15-25-19-28(22)16-20-7-3-2-4-8-20/h2-10,15,19H,11-14,16-18H2,1H3/i1-1. The fourth-order valence-electron chi connectivity index (χ4n) is 3.77. The second kappa shape index (κ2) is 10.1. The third kappa shape index (κ3) is 5.44. The van der Waals surface area contributed by atoms with Crippen molar-refractivity contribution in [1.82, 2.24) is 19.4 Å². The number of aromatic nitrogens is 2. The van der Waals surface area contributed by atoms with Crippen LogP contribution in [0.15, 0.2) is 67.1 Å². The van der Waals surface area contributed by atoms with Gasteiger partial charge in [-0.05, 0) is 11.6 Å². The average Bonchev–Trinajstić information content (AvgIpc) is 3.25. The predicted octanol–water partition coefficient (Wildman–Crippen LogP) is 3.39. The van der Waals surface area contributed by atoms with E-state index in [0.717, 1.165) is 37.5 Å². The van der Waals surface area contributed by atoms with E-state index in [-0.39, 0.29) is 12.7 Å². The first kappa shape index (κ1) is 20.9. The zero-order chi connectivity index (χ0) is 21.5. The molecule has 3 aromatic rings. The van der Waals surface area contributed by atoms with Gasteiger partial charge in [0, 0.05) is 51.0 Å². The molecule has 0 aliphatic carbocycles. The van der Waals surface area contributed by atoms with Crippen molar-refractivity contribution >= 4 is 6.09 Å². The molecule has 7 heteroatoms. The number of para-hydroxylation sites is 1. The summed E-state index contributed by atoms with van der Waals surface area (Å²) in [5.74, 6) is 0.729. The summed E-state index contributed by atoms with van der Waals surface area (Å²) in [6, 6.07) is 18.0. The first-order chi connectivity index (χ1) is 15.2. The summed E-state index contributed by atoms with van der Waals surface area (Å²) in [5.41, 5.74) is 3.30. The number of piperazine rings is 1. The van der Waals surface area contributed by atoms with Gasteiger partial charge in [-0.2, -0.15) is 0 Å². The van der Waals surface area contributed by atoms with Gasteiger partial charge in [-0.3, -0.25) is 4.90 Å². The molecule has 1 aliphatic rings. The number of carbonyl (C=O) groups is 1. The average molecular weight is 420 g/mol. The molecule has 1 saturated heterocycles. The van der Waals surface area contributed by atoms with Crippen LogP contribution in [-0.4, -0.2) is 58.7 Å². The third-order valence-corrected chi connectivity index (χ3v) is 5.55. The molecule has 0 unspecified atom stereocenters. The molecule has 1 aromatic heterocycles. The smallest absolute Gasteiger partial charge is 0.410 e. The largest absolute Gasteiger partial charge is 0.496 e. The summed E-state index contributed by atoms with van der Waals surface area (Å²) in [7, 11) is 1.62. The van der Waals surface area contributed by atoms with E-state index in [2.05, 4.69) is 38.7 Å². The van der Waals surface area contributed by atoms with Gasteiger partial charge in [0.1, 0.15) is 12.4 Å². The summed E-state index contributed by atoms with van der Waals surface area (Å²) in [6.45, 7) is 4.75. The van der Waals surface area contributed by atoms with E-state index in [9.17, 15) is 4.79 Å². The molecule has 0 bridgehead atoms. The second-order valence-electron chi connectivity index (χ2n) is 7.63. The maximum Gasteiger partial charge on any atom is 0.410 e.